The predicted octanol–water partition coefficient (Wildman–Crippen LogP) is 4.18. The van der Waals surface area contributed by atoms with Gasteiger partial charge in [0.2, 0.25) is 11.8 Å². The molecular weight excluding hydrogens is 428 g/mol. The summed E-state index contributed by atoms with van der Waals surface area (Å²) >= 11 is 0. The van der Waals surface area contributed by atoms with Gasteiger partial charge in [0.1, 0.15) is 12.0 Å². The molecule has 0 bridgehead atoms. The maximum absolute atomic E-state index is 12.5. The molecule has 0 saturated carbocycles. The lowest BCUT2D eigenvalue weighted by Gasteiger charge is -2.27. The van der Waals surface area contributed by atoms with E-state index >= 15 is 0 Å². The van der Waals surface area contributed by atoms with Crippen molar-refractivity contribution in [3.8, 4) is 17.2 Å². The minimum atomic E-state index is 0.231. The molecule has 4 heterocycles. The maximum atomic E-state index is 12.5. The first-order valence-corrected chi connectivity index (χ1v) is 13.1. The summed E-state index contributed by atoms with van der Waals surface area (Å²) in [7, 11) is 0. The van der Waals surface area contributed by atoms with E-state index in [9.17, 15) is 4.79 Å². The van der Waals surface area contributed by atoms with E-state index in [1.165, 1.54) is 32.2 Å². The van der Waals surface area contributed by atoms with Crippen molar-refractivity contribution in [2.45, 2.75) is 70.5 Å². The Morgan fingerprint density at radius 2 is 1.91 bits per heavy atom. The molecule has 184 valence electrons. The smallest absolute Gasteiger partial charge is 0.226 e. The predicted molar refractivity (Wildman–Crippen MR) is 132 cm³/mol. The van der Waals surface area contributed by atoms with E-state index in [4.69, 9.17) is 9.15 Å². The van der Waals surface area contributed by atoms with Gasteiger partial charge in [0.15, 0.2) is 0 Å². The zero-order chi connectivity index (χ0) is 23.3. The van der Waals surface area contributed by atoms with Gasteiger partial charge in [0.05, 0.1) is 18.8 Å². The summed E-state index contributed by atoms with van der Waals surface area (Å²) in [6.07, 6.45) is 9.50. The van der Waals surface area contributed by atoms with Crippen LogP contribution in [0.4, 0.5) is 0 Å². The maximum Gasteiger partial charge on any atom is 0.226 e. The first kappa shape index (κ1) is 23.4. The number of likely N-dealkylation sites (tertiary alicyclic amines) is 3. The zero-order valence-electron chi connectivity index (χ0n) is 20.5. The highest BCUT2D eigenvalue weighted by Crippen LogP contribution is 2.26. The number of rotatable bonds is 10. The Hall–Kier alpha value is -2.38. The van der Waals surface area contributed by atoms with Crippen LogP contribution in [0.1, 0.15) is 57.6 Å². The van der Waals surface area contributed by atoms with Crippen LogP contribution < -0.4 is 4.74 Å². The van der Waals surface area contributed by atoms with E-state index in [1.807, 2.05) is 29.2 Å². The molecule has 7 nitrogen and oxygen atoms in total. The van der Waals surface area contributed by atoms with Crippen LogP contribution in [-0.4, -0.2) is 77.0 Å². The lowest BCUT2D eigenvalue weighted by Crippen LogP contribution is -2.40. The van der Waals surface area contributed by atoms with Gasteiger partial charge < -0.3 is 23.9 Å². The number of nitrogens with zero attached hydrogens (tertiary/aromatic N) is 4. The van der Waals surface area contributed by atoms with Crippen molar-refractivity contribution in [1.82, 2.24) is 19.7 Å². The van der Waals surface area contributed by atoms with Gasteiger partial charge in [-0.25, -0.2) is 4.98 Å². The highest BCUT2D eigenvalue weighted by Gasteiger charge is 2.33. The van der Waals surface area contributed by atoms with E-state index in [0.717, 1.165) is 62.6 Å². The Labute approximate surface area is 203 Å². The first-order valence-electron chi connectivity index (χ1n) is 13.1. The third-order valence-corrected chi connectivity index (χ3v) is 7.65. The van der Waals surface area contributed by atoms with Crippen molar-refractivity contribution in [3.63, 3.8) is 0 Å². The molecule has 3 aliphatic rings. The molecule has 0 radical (unpaired) electrons. The molecule has 2 unspecified atom stereocenters. The summed E-state index contributed by atoms with van der Waals surface area (Å²) in [5.41, 5.74) is 1.74. The monoisotopic (exact) mass is 466 g/mol. The van der Waals surface area contributed by atoms with Gasteiger partial charge in [-0.3, -0.25) is 4.79 Å². The van der Waals surface area contributed by atoms with Crippen molar-refractivity contribution in [2.75, 3.05) is 39.3 Å². The van der Waals surface area contributed by atoms with Crippen LogP contribution in [0.25, 0.3) is 11.5 Å². The standard InChI is InChI=1S/C27H38N4O3/c1-21-6-4-15-30(21)16-5-17-33-25-10-7-22(8-11-25)27-28-23(20-34-27)18-31-24(9-12-26(31)32)19-29-13-2-3-14-29/h7-8,10-11,20-21,24H,2-6,9,12-19H2,1H3. The summed E-state index contributed by atoms with van der Waals surface area (Å²) in [6.45, 7) is 9.20. The number of ether oxygens (including phenoxy) is 1. The summed E-state index contributed by atoms with van der Waals surface area (Å²) < 4.78 is 11.7. The Balaban J connectivity index is 1.11. The van der Waals surface area contributed by atoms with Crippen LogP contribution in [0.15, 0.2) is 34.9 Å². The molecule has 34 heavy (non-hydrogen) atoms. The van der Waals surface area contributed by atoms with E-state index in [0.29, 0.717) is 24.9 Å². The normalized spacial score (nSPS) is 23.9. The first-order chi connectivity index (χ1) is 16.7. The molecule has 3 saturated heterocycles. The van der Waals surface area contributed by atoms with E-state index in [1.54, 1.807) is 6.26 Å². The van der Waals surface area contributed by atoms with Crippen LogP contribution in [0.5, 0.6) is 5.75 Å². The Kier molecular flexibility index (Phi) is 7.50. The van der Waals surface area contributed by atoms with Crippen LogP contribution >= 0.6 is 0 Å². The van der Waals surface area contributed by atoms with Gasteiger partial charge in [-0.1, -0.05) is 0 Å². The fraction of sp³-hybridized carbons (Fsp3) is 0.630. The van der Waals surface area contributed by atoms with E-state index < -0.39 is 0 Å². The third-order valence-electron chi connectivity index (χ3n) is 7.65. The molecule has 2 aromatic rings. The van der Waals surface area contributed by atoms with Gasteiger partial charge in [-0.2, -0.15) is 0 Å². The molecule has 1 aromatic carbocycles. The summed E-state index contributed by atoms with van der Waals surface area (Å²) in [6, 6.07) is 8.94. The molecule has 2 atom stereocenters. The molecule has 1 aromatic heterocycles. The number of oxazole rings is 1. The molecule has 7 heteroatoms. The van der Waals surface area contributed by atoms with Gasteiger partial charge >= 0.3 is 0 Å². The second-order valence-corrected chi connectivity index (χ2v) is 10.1. The fourth-order valence-corrected chi connectivity index (χ4v) is 5.63. The van der Waals surface area contributed by atoms with Crippen molar-refractivity contribution < 1.29 is 13.9 Å². The van der Waals surface area contributed by atoms with Gasteiger partial charge in [0, 0.05) is 37.2 Å². The highest BCUT2D eigenvalue weighted by molar-refractivity contribution is 5.78. The van der Waals surface area contributed by atoms with Crippen molar-refractivity contribution in [1.29, 1.82) is 0 Å². The van der Waals surface area contributed by atoms with Crippen molar-refractivity contribution >= 4 is 5.91 Å². The molecule has 5 rings (SSSR count). The molecule has 1 amide bonds. The molecule has 0 spiro atoms. The van der Waals surface area contributed by atoms with Gasteiger partial charge in [-0.05, 0) is 89.3 Å². The summed E-state index contributed by atoms with van der Waals surface area (Å²) in [5, 5.41) is 0. The molecule has 3 fully saturated rings. The van der Waals surface area contributed by atoms with Crippen LogP contribution in [0.3, 0.4) is 0 Å². The molecule has 3 aliphatic heterocycles. The Morgan fingerprint density at radius 3 is 2.68 bits per heavy atom. The molecular formula is C27H38N4O3. The number of hydrogen-bond donors (Lipinski definition) is 0. The lowest BCUT2D eigenvalue weighted by atomic mass is 10.2. The van der Waals surface area contributed by atoms with Crippen LogP contribution in [-0.2, 0) is 11.3 Å². The van der Waals surface area contributed by atoms with Gasteiger partial charge in [-0.15, -0.1) is 0 Å². The molecule has 0 N–H and O–H groups in total. The quantitative estimate of drug-likeness (QED) is 0.490. The molecule has 0 aliphatic carbocycles. The number of amides is 1. The Morgan fingerprint density at radius 1 is 1.09 bits per heavy atom. The van der Waals surface area contributed by atoms with Crippen molar-refractivity contribution in [2.24, 2.45) is 0 Å². The number of carbonyl (C=O) groups is 1. The number of benzene rings is 1. The number of carbonyl (C=O) groups excluding carboxylic acids is 1. The van der Waals surface area contributed by atoms with Gasteiger partial charge in [0.25, 0.3) is 0 Å². The third kappa shape index (κ3) is 5.63. The number of hydrogen-bond acceptors (Lipinski definition) is 6. The largest absolute Gasteiger partial charge is 0.494 e. The van der Waals surface area contributed by atoms with Crippen LogP contribution in [0, 0.1) is 0 Å². The SMILES string of the molecule is CC1CCCN1CCCOc1ccc(-c2nc(CN3C(=O)CCC3CN3CCCC3)co2)cc1. The second-order valence-electron chi connectivity index (χ2n) is 10.1. The second kappa shape index (κ2) is 10.9. The average molecular weight is 467 g/mol. The van der Waals surface area contributed by atoms with Crippen molar-refractivity contribution in [3.05, 3.63) is 36.2 Å². The zero-order valence-corrected chi connectivity index (χ0v) is 20.5. The lowest BCUT2D eigenvalue weighted by molar-refractivity contribution is -0.129. The topological polar surface area (TPSA) is 62.1 Å². The van der Waals surface area contributed by atoms with E-state index in [2.05, 4.69) is 21.7 Å². The minimum Gasteiger partial charge on any atom is -0.494 e. The van der Waals surface area contributed by atoms with E-state index in [-0.39, 0.29) is 11.9 Å². The number of aromatic nitrogens is 1. The average Bonchev–Trinajstić information content (AvgIpc) is 3.65. The minimum absolute atomic E-state index is 0.231. The highest BCUT2D eigenvalue weighted by atomic mass is 16.5. The summed E-state index contributed by atoms with van der Waals surface area (Å²) in [5.74, 6) is 1.69. The fourth-order valence-electron chi connectivity index (χ4n) is 5.63. The Bertz CT molecular complexity index is 938. The van der Waals surface area contributed by atoms with Crippen LogP contribution in [0.2, 0.25) is 0 Å². The summed E-state index contributed by atoms with van der Waals surface area (Å²) in [4.78, 5) is 24.2.